The molecule has 1 N–H and O–H groups in total. The van der Waals surface area contributed by atoms with Gasteiger partial charge < -0.3 is 5.11 Å². The third-order valence-electron chi connectivity index (χ3n) is 4.35. The molecule has 0 radical (unpaired) electrons. The van der Waals surface area contributed by atoms with Gasteiger partial charge in [0, 0.05) is 25.0 Å². The number of fused-ring (bicyclic) bond motifs is 2. The van der Waals surface area contributed by atoms with Crippen LogP contribution in [0.15, 0.2) is 12.2 Å². The first kappa shape index (κ1) is 12.6. The van der Waals surface area contributed by atoms with Gasteiger partial charge in [0.05, 0.1) is 0 Å². The van der Waals surface area contributed by atoms with Crippen LogP contribution in [0.25, 0.3) is 0 Å². The van der Waals surface area contributed by atoms with E-state index in [0.29, 0.717) is 24.4 Å². The van der Waals surface area contributed by atoms with Gasteiger partial charge >= 0.3 is 5.97 Å². The first-order valence-corrected chi connectivity index (χ1v) is 6.74. The van der Waals surface area contributed by atoms with Crippen LogP contribution in [0.2, 0.25) is 0 Å². The van der Waals surface area contributed by atoms with Gasteiger partial charge in [-0.3, -0.25) is 9.69 Å². The van der Waals surface area contributed by atoms with Crippen LogP contribution < -0.4 is 0 Å². The SMILES string of the molecule is C=C(CC)CN1C2CCC1CC(CC(=O)O)C2. The van der Waals surface area contributed by atoms with E-state index in [1.165, 1.54) is 18.4 Å². The molecule has 3 heteroatoms. The maximum atomic E-state index is 10.8. The molecule has 2 rings (SSSR count). The molecule has 2 saturated heterocycles. The summed E-state index contributed by atoms with van der Waals surface area (Å²) in [5, 5.41) is 8.88. The summed E-state index contributed by atoms with van der Waals surface area (Å²) in [4.78, 5) is 13.4. The minimum atomic E-state index is -0.638. The van der Waals surface area contributed by atoms with Crippen molar-refractivity contribution in [1.29, 1.82) is 0 Å². The minimum Gasteiger partial charge on any atom is -0.481 e. The fourth-order valence-corrected chi connectivity index (χ4v) is 3.43. The van der Waals surface area contributed by atoms with Crippen molar-refractivity contribution in [2.75, 3.05) is 6.54 Å². The number of hydrogen-bond acceptors (Lipinski definition) is 2. The second kappa shape index (κ2) is 5.21. The van der Waals surface area contributed by atoms with Crippen LogP contribution in [-0.2, 0) is 4.79 Å². The molecular formula is C14H23NO2. The van der Waals surface area contributed by atoms with Crippen molar-refractivity contribution < 1.29 is 9.90 Å². The Morgan fingerprint density at radius 3 is 2.41 bits per heavy atom. The Labute approximate surface area is 103 Å². The van der Waals surface area contributed by atoms with Gasteiger partial charge in [-0.05, 0) is 38.0 Å². The number of piperidine rings is 1. The smallest absolute Gasteiger partial charge is 0.303 e. The quantitative estimate of drug-likeness (QED) is 0.747. The second-order valence-electron chi connectivity index (χ2n) is 5.60. The first-order chi connectivity index (χ1) is 8.10. The molecule has 2 unspecified atom stereocenters. The van der Waals surface area contributed by atoms with Gasteiger partial charge in [0.1, 0.15) is 0 Å². The van der Waals surface area contributed by atoms with Crippen LogP contribution in [-0.4, -0.2) is 34.6 Å². The number of carbonyl (C=O) groups is 1. The first-order valence-electron chi connectivity index (χ1n) is 6.74. The van der Waals surface area contributed by atoms with Crippen molar-refractivity contribution in [3.63, 3.8) is 0 Å². The molecule has 3 nitrogen and oxygen atoms in total. The summed E-state index contributed by atoms with van der Waals surface area (Å²) in [7, 11) is 0. The fourth-order valence-electron chi connectivity index (χ4n) is 3.43. The van der Waals surface area contributed by atoms with Crippen LogP contribution in [0, 0.1) is 5.92 Å². The van der Waals surface area contributed by atoms with E-state index in [-0.39, 0.29) is 0 Å². The third-order valence-corrected chi connectivity index (χ3v) is 4.35. The molecule has 0 saturated carbocycles. The van der Waals surface area contributed by atoms with Crippen molar-refractivity contribution in [1.82, 2.24) is 4.90 Å². The second-order valence-corrected chi connectivity index (χ2v) is 5.60. The standard InChI is InChI=1S/C14H23NO2/c1-3-10(2)9-15-12-4-5-13(15)7-11(6-12)8-14(16)17/h11-13H,2-9H2,1H3,(H,16,17). The number of carboxylic acids is 1. The summed E-state index contributed by atoms with van der Waals surface area (Å²) in [6.07, 6.45) is 6.04. The van der Waals surface area contributed by atoms with Gasteiger partial charge in [0.25, 0.3) is 0 Å². The molecule has 0 aromatic carbocycles. The van der Waals surface area contributed by atoms with E-state index in [2.05, 4.69) is 18.4 Å². The molecule has 0 spiro atoms. The van der Waals surface area contributed by atoms with Gasteiger partial charge in [-0.25, -0.2) is 0 Å². The molecule has 2 aliphatic rings. The molecule has 2 atom stereocenters. The lowest BCUT2D eigenvalue weighted by Gasteiger charge is -2.39. The zero-order chi connectivity index (χ0) is 12.4. The molecule has 17 heavy (non-hydrogen) atoms. The Kier molecular flexibility index (Phi) is 3.87. The predicted octanol–water partition coefficient (Wildman–Crippen LogP) is 2.67. The summed E-state index contributed by atoms with van der Waals surface area (Å²) < 4.78 is 0. The lowest BCUT2D eigenvalue weighted by molar-refractivity contribution is -0.138. The number of nitrogens with zero attached hydrogens (tertiary/aromatic N) is 1. The summed E-state index contributed by atoms with van der Waals surface area (Å²) in [6.45, 7) is 7.27. The van der Waals surface area contributed by atoms with Crippen molar-refractivity contribution in [3.05, 3.63) is 12.2 Å². The van der Waals surface area contributed by atoms with Gasteiger partial charge in [-0.1, -0.05) is 19.1 Å². The van der Waals surface area contributed by atoms with Gasteiger partial charge in [-0.15, -0.1) is 0 Å². The molecule has 96 valence electrons. The summed E-state index contributed by atoms with van der Waals surface area (Å²) in [6, 6.07) is 1.22. The fraction of sp³-hybridized carbons (Fsp3) is 0.786. The van der Waals surface area contributed by atoms with Gasteiger partial charge in [0.2, 0.25) is 0 Å². The van der Waals surface area contributed by atoms with E-state index in [0.717, 1.165) is 25.8 Å². The van der Waals surface area contributed by atoms with Crippen LogP contribution in [0.5, 0.6) is 0 Å². The third kappa shape index (κ3) is 2.89. The van der Waals surface area contributed by atoms with Crippen molar-refractivity contribution in [3.8, 4) is 0 Å². The molecular weight excluding hydrogens is 214 g/mol. The van der Waals surface area contributed by atoms with E-state index in [9.17, 15) is 4.79 Å². The largest absolute Gasteiger partial charge is 0.481 e. The maximum Gasteiger partial charge on any atom is 0.303 e. The number of aliphatic carboxylic acids is 1. The van der Waals surface area contributed by atoms with E-state index < -0.39 is 5.97 Å². The molecule has 0 amide bonds. The molecule has 2 aliphatic heterocycles. The van der Waals surface area contributed by atoms with E-state index in [4.69, 9.17) is 5.11 Å². The summed E-state index contributed by atoms with van der Waals surface area (Å²) in [5.41, 5.74) is 1.30. The minimum absolute atomic E-state index is 0.357. The zero-order valence-corrected chi connectivity index (χ0v) is 10.7. The average Bonchev–Trinajstić information content (AvgIpc) is 2.50. The van der Waals surface area contributed by atoms with Crippen LogP contribution in [0.4, 0.5) is 0 Å². The zero-order valence-electron chi connectivity index (χ0n) is 10.7. The van der Waals surface area contributed by atoms with Crippen molar-refractivity contribution in [2.24, 2.45) is 5.92 Å². The Morgan fingerprint density at radius 2 is 1.94 bits per heavy atom. The van der Waals surface area contributed by atoms with Crippen LogP contribution >= 0.6 is 0 Å². The van der Waals surface area contributed by atoms with Crippen molar-refractivity contribution in [2.45, 2.75) is 57.5 Å². The summed E-state index contributed by atoms with van der Waals surface area (Å²) >= 11 is 0. The Bertz CT molecular complexity index is 299. The Morgan fingerprint density at radius 1 is 1.35 bits per heavy atom. The van der Waals surface area contributed by atoms with E-state index in [1.807, 2.05) is 0 Å². The molecule has 0 aromatic rings. The number of carboxylic acid groups (broad SMARTS) is 1. The normalized spacial score (nSPS) is 32.6. The average molecular weight is 237 g/mol. The monoisotopic (exact) mass is 237 g/mol. The molecule has 0 aliphatic carbocycles. The Balaban J connectivity index is 1.93. The lowest BCUT2D eigenvalue weighted by atomic mass is 9.88. The highest BCUT2D eigenvalue weighted by molar-refractivity contribution is 5.67. The molecule has 2 fully saturated rings. The molecule has 2 bridgehead atoms. The van der Waals surface area contributed by atoms with E-state index in [1.54, 1.807) is 0 Å². The molecule has 0 aromatic heterocycles. The summed E-state index contributed by atoms with van der Waals surface area (Å²) in [5.74, 6) is -0.239. The van der Waals surface area contributed by atoms with Crippen molar-refractivity contribution >= 4 is 5.97 Å². The van der Waals surface area contributed by atoms with Gasteiger partial charge in [-0.2, -0.15) is 0 Å². The highest BCUT2D eigenvalue weighted by Crippen LogP contribution is 2.40. The number of rotatable bonds is 5. The van der Waals surface area contributed by atoms with Gasteiger partial charge in [0.15, 0.2) is 0 Å². The van der Waals surface area contributed by atoms with Crippen LogP contribution in [0.1, 0.15) is 45.4 Å². The predicted molar refractivity (Wildman–Crippen MR) is 67.9 cm³/mol. The highest BCUT2D eigenvalue weighted by atomic mass is 16.4. The molecule has 2 heterocycles. The lowest BCUT2D eigenvalue weighted by Crippen LogP contribution is -2.44. The maximum absolute atomic E-state index is 10.8. The number of hydrogen-bond donors (Lipinski definition) is 1. The highest BCUT2D eigenvalue weighted by Gasteiger charge is 2.40. The topological polar surface area (TPSA) is 40.5 Å². The van der Waals surface area contributed by atoms with Crippen LogP contribution in [0.3, 0.4) is 0 Å². The Hall–Kier alpha value is -0.830. The van der Waals surface area contributed by atoms with E-state index >= 15 is 0 Å².